The molecule has 1 aromatic heterocycles. The fraction of sp³-hybridized carbons (Fsp3) is 0.138. The van der Waals surface area contributed by atoms with Crippen LogP contribution in [0.5, 0.6) is 0 Å². The molecule has 0 saturated heterocycles. The van der Waals surface area contributed by atoms with Crippen LogP contribution in [0.25, 0.3) is 0 Å². The van der Waals surface area contributed by atoms with Crippen molar-refractivity contribution in [1.29, 1.82) is 5.26 Å². The van der Waals surface area contributed by atoms with E-state index in [4.69, 9.17) is 16.9 Å². The van der Waals surface area contributed by atoms with Crippen LogP contribution in [0.15, 0.2) is 102 Å². The summed E-state index contributed by atoms with van der Waals surface area (Å²) in [5, 5.41) is 12.6. The van der Waals surface area contributed by atoms with Gasteiger partial charge in [0.25, 0.3) is 5.91 Å². The summed E-state index contributed by atoms with van der Waals surface area (Å²) in [7, 11) is -3.90. The van der Waals surface area contributed by atoms with Crippen molar-refractivity contribution in [3.05, 3.63) is 130 Å². The molecule has 192 valence electrons. The molecule has 4 rings (SSSR count). The highest BCUT2D eigenvalue weighted by Gasteiger charge is 2.25. The lowest BCUT2D eigenvalue weighted by molar-refractivity contribution is 0.0954. The van der Waals surface area contributed by atoms with E-state index < -0.39 is 10.0 Å². The van der Waals surface area contributed by atoms with Gasteiger partial charge in [-0.1, -0.05) is 41.9 Å². The number of pyridine rings is 1. The molecule has 4 aromatic rings. The highest BCUT2D eigenvalue weighted by molar-refractivity contribution is 7.89. The average molecular weight is 545 g/mol. The fourth-order valence-corrected chi connectivity index (χ4v) is 5.44. The number of nitrogens with zero attached hydrogens (tertiary/aromatic N) is 3. The van der Waals surface area contributed by atoms with E-state index >= 15 is 0 Å². The van der Waals surface area contributed by atoms with Crippen molar-refractivity contribution in [3.63, 3.8) is 0 Å². The third kappa shape index (κ3) is 7.05. The molecule has 0 bridgehead atoms. The monoisotopic (exact) mass is 544 g/mol. The number of nitrogens with one attached hydrogen (secondary N) is 1. The van der Waals surface area contributed by atoms with Crippen molar-refractivity contribution < 1.29 is 13.2 Å². The van der Waals surface area contributed by atoms with Crippen LogP contribution in [0.4, 0.5) is 0 Å². The first kappa shape index (κ1) is 27.0. The summed E-state index contributed by atoms with van der Waals surface area (Å²) in [6, 6.07) is 27.5. The predicted molar refractivity (Wildman–Crippen MR) is 146 cm³/mol. The quantitative estimate of drug-likeness (QED) is 0.303. The maximum atomic E-state index is 13.5. The SMILES string of the molecule is N#Cc1ccc(S(=O)(=O)N(Cc2ccc(C(=O)NCCc3cccc(Cl)c3)cc2)Cc2ccccn2)cc1. The number of sulfonamides is 1. The standard InChI is InChI=1S/C29H25ClN4O3S/c30-26-5-3-4-22(18-26)15-17-33-29(35)25-11-7-24(8-12-25)20-34(21-27-6-1-2-16-32-27)38(36,37)28-13-9-23(19-31)10-14-28/h1-14,16,18H,15,17,20-21H2,(H,33,35). The summed E-state index contributed by atoms with van der Waals surface area (Å²) in [5.41, 5.74) is 3.20. The van der Waals surface area contributed by atoms with Gasteiger partial charge in [0.2, 0.25) is 10.0 Å². The number of aromatic nitrogens is 1. The molecule has 0 radical (unpaired) electrons. The topological polar surface area (TPSA) is 103 Å². The molecule has 0 aliphatic carbocycles. The molecule has 0 aliphatic rings. The first-order valence-corrected chi connectivity index (χ1v) is 13.7. The van der Waals surface area contributed by atoms with Crippen LogP contribution in [0.2, 0.25) is 5.02 Å². The van der Waals surface area contributed by atoms with Gasteiger partial charge in [-0.05, 0) is 78.2 Å². The van der Waals surface area contributed by atoms with Gasteiger partial charge >= 0.3 is 0 Å². The molecule has 38 heavy (non-hydrogen) atoms. The van der Waals surface area contributed by atoms with Gasteiger partial charge in [-0.2, -0.15) is 9.57 Å². The second-order valence-corrected chi connectivity index (χ2v) is 10.9. The molecule has 0 unspecified atom stereocenters. The van der Waals surface area contributed by atoms with Gasteiger partial charge in [-0.3, -0.25) is 9.78 Å². The smallest absolute Gasteiger partial charge is 0.251 e. The summed E-state index contributed by atoms with van der Waals surface area (Å²) in [6.07, 6.45) is 2.27. The van der Waals surface area contributed by atoms with Crippen molar-refractivity contribution in [2.24, 2.45) is 0 Å². The van der Waals surface area contributed by atoms with Gasteiger partial charge in [0.15, 0.2) is 0 Å². The summed E-state index contributed by atoms with van der Waals surface area (Å²) in [6.45, 7) is 0.603. The minimum atomic E-state index is -3.90. The zero-order valence-electron chi connectivity index (χ0n) is 20.4. The average Bonchev–Trinajstić information content (AvgIpc) is 2.93. The highest BCUT2D eigenvalue weighted by atomic mass is 35.5. The lowest BCUT2D eigenvalue weighted by Gasteiger charge is -2.22. The molecule has 3 aromatic carbocycles. The molecule has 1 heterocycles. The first-order valence-electron chi connectivity index (χ1n) is 11.9. The number of carbonyl (C=O) groups is 1. The molecule has 7 nitrogen and oxygen atoms in total. The highest BCUT2D eigenvalue weighted by Crippen LogP contribution is 2.21. The second-order valence-electron chi connectivity index (χ2n) is 8.56. The third-order valence-corrected chi connectivity index (χ3v) is 7.89. The zero-order valence-corrected chi connectivity index (χ0v) is 22.0. The van der Waals surface area contributed by atoms with Crippen molar-refractivity contribution in [2.45, 2.75) is 24.4 Å². The van der Waals surface area contributed by atoms with Crippen molar-refractivity contribution in [1.82, 2.24) is 14.6 Å². The third-order valence-electron chi connectivity index (χ3n) is 5.85. The summed E-state index contributed by atoms with van der Waals surface area (Å²) >= 11 is 6.01. The van der Waals surface area contributed by atoms with Crippen LogP contribution < -0.4 is 5.32 Å². The van der Waals surface area contributed by atoms with Crippen molar-refractivity contribution in [2.75, 3.05) is 6.54 Å². The van der Waals surface area contributed by atoms with Gasteiger partial charge < -0.3 is 5.32 Å². The van der Waals surface area contributed by atoms with Crippen LogP contribution in [0.1, 0.15) is 32.7 Å². The Morgan fingerprint density at radius 3 is 2.34 bits per heavy atom. The first-order chi connectivity index (χ1) is 18.3. The molecule has 0 atom stereocenters. The van der Waals surface area contributed by atoms with Gasteiger partial charge in [0.05, 0.1) is 28.8 Å². The number of hydrogen-bond acceptors (Lipinski definition) is 5. The minimum absolute atomic E-state index is 0.0644. The van der Waals surface area contributed by atoms with Crippen LogP contribution in [0, 0.1) is 11.3 Å². The van der Waals surface area contributed by atoms with Gasteiger partial charge in [0.1, 0.15) is 0 Å². The van der Waals surface area contributed by atoms with E-state index in [0.29, 0.717) is 40.4 Å². The molecule has 0 aliphatic heterocycles. The number of hydrogen-bond donors (Lipinski definition) is 1. The summed E-state index contributed by atoms with van der Waals surface area (Å²) in [4.78, 5) is 17.0. The van der Waals surface area contributed by atoms with Crippen LogP contribution in [-0.4, -0.2) is 30.2 Å². The molecule has 0 spiro atoms. The summed E-state index contributed by atoms with van der Waals surface area (Å²) in [5.74, 6) is -0.214. The lowest BCUT2D eigenvalue weighted by Crippen LogP contribution is -2.30. The van der Waals surface area contributed by atoms with Gasteiger partial charge in [0, 0.05) is 29.9 Å². The number of amides is 1. The van der Waals surface area contributed by atoms with Crippen molar-refractivity contribution in [3.8, 4) is 6.07 Å². The summed E-state index contributed by atoms with van der Waals surface area (Å²) < 4.78 is 28.4. The molecule has 0 fully saturated rings. The minimum Gasteiger partial charge on any atom is -0.352 e. The lowest BCUT2D eigenvalue weighted by atomic mass is 10.1. The number of rotatable bonds is 10. The Hall–Kier alpha value is -4.03. The van der Waals surface area contributed by atoms with Crippen LogP contribution in [-0.2, 0) is 29.5 Å². The second kappa shape index (κ2) is 12.5. The predicted octanol–water partition coefficient (Wildman–Crippen LogP) is 4.97. The van der Waals surface area contributed by atoms with Gasteiger partial charge in [-0.25, -0.2) is 8.42 Å². The normalized spacial score (nSPS) is 11.2. The van der Waals surface area contributed by atoms with E-state index in [9.17, 15) is 13.2 Å². The van der Waals surface area contributed by atoms with Crippen LogP contribution in [0.3, 0.4) is 0 Å². The number of halogens is 1. The Bertz CT molecular complexity index is 1540. The van der Waals surface area contributed by atoms with Gasteiger partial charge in [-0.15, -0.1) is 0 Å². The van der Waals surface area contributed by atoms with Crippen molar-refractivity contribution >= 4 is 27.5 Å². The number of carbonyl (C=O) groups excluding carboxylic acids is 1. The van der Waals surface area contributed by atoms with E-state index in [-0.39, 0.29) is 23.9 Å². The zero-order chi connectivity index (χ0) is 27.0. The maximum Gasteiger partial charge on any atom is 0.251 e. The molecule has 1 N–H and O–H groups in total. The van der Waals surface area contributed by atoms with E-state index in [0.717, 1.165) is 5.56 Å². The molecule has 1 amide bonds. The maximum absolute atomic E-state index is 13.5. The fourth-order valence-electron chi connectivity index (χ4n) is 3.83. The molecule has 0 saturated carbocycles. The number of benzene rings is 3. The number of nitriles is 1. The van der Waals surface area contributed by atoms with E-state index in [1.807, 2.05) is 24.3 Å². The molecular weight excluding hydrogens is 520 g/mol. The Morgan fingerprint density at radius 1 is 0.921 bits per heavy atom. The Labute approximate surface area is 227 Å². The van der Waals surface area contributed by atoms with E-state index in [1.54, 1.807) is 54.7 Å². The van der Waals surface area contributed by atoms with E-state index in [1.165, 1.54) is 28.6 Å². The Balaban J connectivity index is 1.47. The Kier molecular flexibility index (Phi) is 8.87. The molecule has 9 heteroatoms. The molecular formula is C29H25ClN4O3S. The van der Waals surface area contributed by atoms with E-state index in [2.05, 4.69) is 10.3 Å². The Morgan fingerprint density at radius 2 is 1.68 bits per heavy atom. The largest absolute Gasteiger partial charge is 0.352 e. The van der Waals surface area contributed by atoms with Crippen LogP contribution >= 0.6 is 11.6 Å².